The van der Waals surface area contributed by atoms with E-state index in [1.54, 1.807) is 37.3 Å². The summed E-state index contributed by atoms with van der Waals surface area (Å²) in [5, 5.41) is 10.1. The second-order valence-electron chi connectivity index (χ2n) is 9.14. The minimum Gasteiger partial charge on any atom is -0.462 e. The first-order chi connectivity index (χ1) is 20.3. The second kappa shape index (κ2) is 13.4. The minimum atomic E-state index is -0.844. The lowest BCUT2D eigenvalue weighted by atomic mass is 10.2. The number of benzene rings is 3. The first-order valence-corrected chi connectivity index (χ1v) is 14.4. The maximum atomic E-state index is 13.9. The molecule has 1 heterocycles. The van der Waals surface area contributed by atoms with E-state index in [4.69, 9.17) is 62.7 Å². The van der Waals surface area contributed by atoms with Gasteiger partial charge in [0.1, 0.15) is 11.3 Å². The number of rotatable bonds is 7. The Bertz CT molecular complexity index is 1660. The van der Waals surface area contributed by atoms with Crippen molar-refractivity contribution in [3.8, 4) is 0 Å². The monoisotopic (exact) mass is 682 g/mol. The van der Waals surface area contributed by atoms with Gasteiger partial charge in [0.25, 0.3) is 0 Å². The number of amides is 2. The third-order valence-electron chi connectivity index (χ3n) is 5.90. The zero-order chi connectivity index (χ0) is 31.6. The molecule has 0 radical (unpaired) electrons. The lowest BCUT2D eigenvalue weighted by Gasteiger charge is -2.19. The Morgan fingerprint density at radius 1 is 0.977 bits per heavy atom. The summed E-state index contributed by atoms with van der Waals surface area (Å²) in [5.41, 5.74) is 1.54. The molecule has 3 aromatic carbocycles. The van der Waals surface area contributed by atoms with Crippen molar-refractivity contribution < 1.29 is 19.1 Å². The number of nitrogens with one attached hydrogen (secondary N) is 2. The number of esters is 1. The Labute approximate surface area is 272 Å². The fraction of sp³-hybridized carbons (Fsp3) is 0.179. The third kappa shape index (κ3) is 6.84. The summed E-state index contributed by atoms with van der Waals surface area (Å²) in [6, 6.07) is 11.8. The highest BCUT2D eigenvalue weighted by Crippen LogP contribution is 2.47. The molecule has 4 rings (SSSR count). The molecule has 3 aromatic rings. The van der Waals surface area contributed by atoms with Gasteiger partial charge in [-0.3, -0.25) is 9.59 Å². The topological polar surface area (TPSA) is 116 Å². The molecule has 0 aliphatic carbocycles. The van der Waals surface area contributed by atoms with Crippen LogP contribution in [0.2, 0.25) is 25.1 Å². The molecule has 0 aromatic heterocycles. The quantitative estimate of drug-likeness (QED) is 0.195. The van der Waals surface area contributed by atoms with Crippen molar-refractivity contribution in [2.75, 3.05) is 41.2 Å². The molecule has 15 heteroatoms. The standard InChI is InChI=1S/C28H23Cl5N6O4/c1-5-43-28(42)19-20(30)22(32)25(23(33)21(19)31)39-27(41)24(35-14-6-9-16(10-7-14)38(3)4)26(37-39)36-18-12-15(34-13(2)40)8-11-17(18)29/h6-12H,5H2,1-4H3,(H,34,40)(H,36,37)/b35-24-. The zero-order valence-electron chi connectivity index (χ0n) is 23.1. The van der Waals surface area contributed by atoms with Crippen LogP contribution in [0, 0.1) is 0 Å². The predicted octanol–water partition coefficient (Wildman–Crippen LogP) is 7.70. The molecule has 0 atom stereocenters. The second-order valence-corrected chi connectivity index (χ2v) is 11.1. The minimum absolute atomic E-state index is 0.0302. The molecule has 2 N–H and O–H groups in total. The summed E-state index contributed by atoms with van der Waals surface area (Å²) in [4.78, 5) is 44.4. The van der Waals surface area contributed by atoms with Crippen molar-refractivity contribution in [2.45, 2.75) is 13.8 Å². The summed E-state index contributed by atoms with van der Waals surface area (Å²) >= 11 is 32.4. The van der Waals surface area contributed by atoms with Crippen molar-refractivity contribution in [2.24, 2.45) is 10.1 Å². The Kier molecular flexibility index (Phi) is 10.1. The molecule has 0 saturated carbocycles. The fourth-order valence-corrected chi connectivity index (χ4v) is 5.23. The Balaban J connectivity index is 1.86. The number of anilines is 4. The van der Waals surface area contributed by atoms with Crippen molar-refractivity contribution in [1.29, 1.82) is 0 Å². The summed E-state index contributed by atoms with van der Waals surface area (Å²) < 4.78 is 5.02. The average molecular weight is 685 g/mol. The van der Waals surface area contributed by atoms with Gasteiger partial charge < -0.3 is 20.3 Å². The normalized spacial score (nSPS) is 13.7. The molecule has 10 nitrogen and oxygen atoms in total. The molecular formula is C28H23Cl5N6O4. The molecule has 0 unspecified atom stereocenters. The van der Waals surface area contributed by atoms with Crippen LogP contribution < -0.4 is 20.5 Å². The molecule has 0 saturated heterocycles. The smallest absolute Gasteiger partial charge is 0.341 e. The van der Waals surface area contributed by atoms with E-state index in [2.05, 4.69) is 20.7 Å². The van der Waals surface area contributed by atoms with Crippen LogP contribution in [0.1, 0.15) is 24.2 Å². The van der Waals surface area contributed by atoms with E-state index in [1.807, 2.05) is 31.1 Å². The van der Waals surface area contributed by atoms with Gasteiger partial charge in [0.05, 0.1) is 43.1 Å². The van der Waals surface area contributed by atoms with E-state index < -0.39 is 11.9 Å². The lowest BCUT2D eigenvalue weighted by molar-refractivity contribution is -0.114. The summed E-state index contributed by atoms with van der Waals surface area (Å²) in [5.74, 6) is -1.91. The zero-order valence-corrected chi connectivity index (χ0v) is 26.8. The van der Waals surface area contributed by atoms with E-state index in [0.717, 1.165) is 10.7 Å². The summed E-state index contributed by atoms with van der Waals surface area (Å²) in [6.45, 7) is 3.02. The van der Waals surface area contributed by atoms with Crippen molar-refractivity contribution >= 4 is 116 Å². The van der Waals surface area contributed by atoms with Crippen molar-refractivity contribution in [3.63, 3.8) is 0 Å². The Morgan fingerprint density at radius 2 is 1.60 bits per heavy atom. The van der Waals surface area contributed by atoms with Crippen LogP contribution in [0.25, 0.3) is 0 Å². The molecule has 43 heavy (non-hydrogen) atoms. The number of hydrogen-bond donors (Lipinski definition) is 2. The largest absolute Gasteiger partial charge is 0.462 e. The van der Waals surface area contributed by atoms with Gasteiger partial charge in [0, 0.05) is 32.4 Å². The van der Waals surface area contributed by atoms with Gasteiger partial charge in [-0.05, 0) is 49.4 Å². The third-order valence-corrected chi connectivity index (χ3v) is 7.91. The summed E-state index contributed by atoms with van der Waals surface area (Å²) in [7, 11) is 3.79. The number of aliphatic imine (C=N–C) groups is 1. The molecule has 0 spiro atoms. The van der Waals surface area contributed by atoms with E-state index in [9.17, 15) is 14.4 Å². The summed E-state index contributed by atoms with van der Waals surface area (Å²) in [6.07, 6.45) is 0. The van der Waals surface area contributed by atoms with Crippen molar-refractivity contribution in [3.05, 3.63) is 73.1 Å². The molecule has 1 aliphatic heterocycles. The van der Waals surface area contributed by atoms with Gasteiger partial charge in [-0.15, -0.1) is 5.10 Å². The highest BCUT2D eigenvalue weighted by Gasteiger charge is 2.38. The number of hydrogen-bond acceptors (Lipinski definition) is 8. The number of amidine groups is 1. The molecule has 1 aliphatic rings. The number of hydrazone groups is 1. The van der Waals surface area contributed by atoms with Crippen LogP contribution in [-0.4, -0.2) is 50.0 Å². The molecule has 224 valence electrons. The van der Waals surface area contributed by atoms with E-state index in [0.29, 0.717) is 17.1 Å². The predicted molar refractivity (Wildman–Crippen MR) is 175 cm³/mol. The number of carbonyl (C=O) groups excluding carboxylic acids is 3. The highest BCUT2D eigenvalue weighted by atomic mass is 35.5. The molecule has 0 fully saturated rings. The van der Waals surface area contributed by atoms with Crippen LogP contribution >= 0.6 is 58.0 Å². The SMILES string of the molecule is CCOC(=O)c1c(Cl)c(Cl)c(N2N=C(Nc3cc(NC(C)=O)ccc3Cl)/C(=N/c3ccc(N(C)C)cc3)C2=O)c(Cl)c1Cl. The van der Waals surface area contributed by atoms with E-state index >= 15 is 0 Å². The maximum Gasteiger partial charge on any atom is 0.341 e. The van der Waals surface area contributed by atoms with E-state index in [-0.39, 0.29) is 60.4 Å². The van der Waals surface area contributed by atoms with Gasteiger partial charge in [0.2, 0.25) is 5.91 Å². The number of nitrogens with zero attached hydrogens (tertiary/aromatic N) is 4. The van der Waals surface area contributed by atoms with Crippen LogP contribution in [0.15, 0.2) is 52.6 Å². The highest BCUT2D eigenvalue weighted by molar-refractivity contribution is 6.74. The molecule has 2 amide bonds. The van der Waals surface area contributed by atoms with Crippen LogP contribution in [-0.2, 0) is 14.3 Å². The van der Waals surface area contributed by atoms with Crippen LogP contribution in [0.3, 0.4) is 0 Å². The molecular weight excluding hydrogens is 662 g/mol. The first kappa shape index (κ1) is 32.4. The number of halogens is 5. The maximum absolute atomic E-state index is 13.9. The molecule has 0 bridgehead atoms. The van der Waals surface area contributed by atoms with Gasteiger partial charge in [0.15, 0.2) is 11.5 Å². The van der Waals surface area contributed by atoms with Crippen LogP contribution in [0.5, 0.6) is 0 Å². The fourth-order valence-electron chi connectivity index (χ4n) is 3.90. The Morgan fingerprint density at radius 3 is 2.16 bits per heavy atom. The number of carbonyl (C=O) groups is 3. The lowest BCUT2D eigenvalue weighted by Crippen LogP contribution is -2.30. The van der Waals surface area contributed by atoms with Gasteiger partial charge in [-0.2, -0.15) is 5.01 Å². The van der Waals surface area contributed by atoms with E-state index in [1.165, 1.54) is 6.92 Å². The first-order valence-electron chi connectivity index (χ1n) is 12.5. The van der Waals surface area contributed by atoms with Crippen LogP contribution in [0.4, 0.5) is 28.4 Å². The van der Waals surface area contributed by atoms with Gasteiger partial charge in [-0.25, -0.2) is 9.79 Å². The van der Waals surface area contributed by atoms with Gasteiger partial charge in [-0.1, -0.05) is 58.0 Å². The average Bonchev–Trinajstić information content (AvgIpc) is 3.24. The van der Waals surface area contributed by atoms with Crippen molar-refractivity contribution in [1.82, 2.24) is 0 Å². The number of ether oxygens (including phenoxy) is 1. The van der Waals surface area contributed by atoms with Gasteiger partial charge >= 0.3 is 11.9 Å². The Hall–Kier alpha value is -3.54.